The number of nitrogens with two attached hydrogens (primary N) is 1. The number of aromatic nitrogens is 1. The first-order valence-electron chi connectivity index (χ1n) is 5.50. The molecule has 0 aliphatic heterocycles. The number of anilines is 1. The molecule has 1 atom stereocenters. The van der Waals surface area contributed by atoms with Crippen LogP contribution in [-0.2, 0) is 4.79 Å². The number of hydrogen-bond acceptors (Lipinski definition) is 3. The molecule has 0 unspecified atom stereocenters. The van der Waals surface area contributed by atoms with Gasteiger partial charge in [0.15, 0.2) is 0 Å². The number of amides is 1. The lowest BCUT2D eigenvalue weighted by molar-refractivity contribution is -0.117. The monoisotopic (exact) mass is 339 g/mol. The maximum atomic E-state index is 12.0. The van der Waals surface area contributed by atoms with Gasteiger partial charge in [0.2, 0.25) is 5.91 Å². The van der Waals surface area contributed by atoms with Gasteiger partial charge in [0.05, 0.1) is 16.4 Å². The molecule has 98 valence electrons. The van der Waals surface area contributed by atoms with Crippen LogP contribution in [0.4, 0.5) is 5.69 Å². The zero-order chi connectivity index (χ0) is 13.8. The second-order valence-corrected chi connectivity index (χ2v) is 5.09. The van der Waals surface area contributed by atoms with Crippen molar-refractivity contribution in [1.82, 2.24) is 4.98 Å². The standard InChI is InChI=1S/C13H11BrClN3O/c14-10-6-9(7-17-12(10)15)18-13(19)11(16)8-4-2-1-3-5-8/h1-7,11H,16H2,(H,18,19)/t11-/m0/s1. The zero-order valence-corrected chi connectivity index (χ0v) is 12.1. The van der Waals surface area contributed by atoms with Crippen LogP contribution in [-0.4, -0.2) is 10.9 Å². The van der Waals surface area contributed by atoms with Crippen LogP contribution in [0.15, 0.2) is 47.1 Å². The average Bonchev–Trinajstić information content (AvgIpc) is 2.43. The van der Waals surface area contributed by atoms with Gasteiger partial charge in [-0.2, -0.15) is 0 Å². The van der Waals surface area contributed by atoms with E-state index in [9.17, 15) is 4.79 Å². The molecule has 0 aliphatic rings. The van der Waals surface area contributed by atoms with E-state index < -0.39 is 6.04 Å². The van der Waals surface area contributed by atoms with Crippen molar-refractivity contribution in [2.75, 3.05) is 5.32 Å². The Balaban J connectivity index is 2.10. The molecule has 2 aromatic rings. The third-order valence-corrected chi connectivity index (χ3v) is 3.64. The van der Waals surface area contributed by atoms with E-state index in [1.165, 1.54) is 6.20 Å². The smallest absolute Gasteiger partial charge is 0.245 e. The number of rotatable bonds is 3. The summed E-state index contributed by atoms with van der Waals surface area (Å²) in [5.41, 5.74) is 7.17. The molecule has 1 aromatic carbocycles. The molecule has 3 N–H and O–H groups in total. The third kappa shape index (κ3) is 3.53. The van der Waals surface area contributed by atoms with Crippen molar-refractivity contribution < 1.29 is 4.79 Å². The zero-order valence-electron chi connectivity index (χ0n) is 9.81. The van der Waals surface area contributed by atoms with Gasteiger partial charge in [-0.1, -0.05) is 41.9 Å². The Morgan fingerprint density at radius 3 is 2.68 bits per heavy atom. The minimum atomic E-state index is -0.726. The number of carbonyl (C=O) groups is 1. The van der Waals surface area contributed by atoms with E-state index in [0.717, 1.165) is 5.56 Å². The molecule has 0 radical (unpaired) electrons. The van der Waals surface area contributed by atoms with E-state index >= 15 is 0 Å². The summed E-state index contributed by atoms with van der Waals surface area (Å²) in [5, 5.41) is 3.03. The van der Waals surface area contributed by atoms with Crippen molar-refractivity contribution in [2.24, 2.45) is 5.73 Å². The fraction of sp³-hybridized carbons (Fsp3) is 0.0769. The minimum Gasteiger partial charge on any atom is -0.323 e. The highest BCUT2D eigenvalue weighted by molar-refractivity contribution is 9.10. The highest BCUT2D eigenvalue weighted by atomic mass is 79.9. The molecule has 0 saturated carbocycles. The van der Waals surface area contributed by atoms with Gasteiger partial charge in [-0.3, -0.25) is 4.79 Å². The van der Waals surface area contributed by atoms with E-state index in [1.807, 2.05) is 18.2 Å². The molecule has 4 nitrogen and oxygen atoms in total. The fourth-order valence-corrected chi connectivity index (χ4v) is 1.97. The number of nitrogens with zero attached hydrogens (tertiary/aromatic N) is 1. The second-order valence-electron chi connectivity index (χ2n) is 3.87. The van der Waals surface area contributed by atoms with Gasteiger partial charge in [-0.25, -0.2) is 4.98 Å². The number of pyridine rings is 1. The van der Waals surface area contributed by atoms with Gasteiger partial charge in [0.25, 0.3) is 0 Å². The van der Waals surface area contributed by atoms with Crippen LogP contribution in [0.2, 0.25) is 5.15 Å². The number of benzene rings is 1. The first-order chi connectivity index (χ1) is 9.08. The predicted molar refractivity (Wildman–Crippen MR) is 78.9 cm³/mol. The van der Waals surface area contributed by atoms with Crippen LogP contribution in [0.1, 0.15) is 11.6 Å². The highest BCUT2D eigenvalue weighted by Gasteiger charge is 2.15. The van der Waals surface area contributed by atoms with Gasteiger partial charge in [-0.05, 0) is 27.6 Å². The summed E-state index contributed by atoms with van der Waals surface area (Å²) < 4.78 is 0.611. The Labute approximate surface area is 124 Å². The molecule has 0 bridgehead atoms. The average molecular weight is 341 g/mol. The van der Waals surface area contributed by atoms with Crippen molar-refractivity contribution >= 4 is 39.1 Å². The van der Waals surface area contributed by atoms with Crippen molar-refractivity contribution in [3.63, 3.8) is 0 Å². The molecular formula is C13H11BrClN3O. The minimum absolute atomic E-state index is 0.303. The first kappa shape index (κ1) is 14.0. The second kappa shape index (κ2) is 6.14. The summed E-state index contributed by atoms with van der Waals surface area (Å²) in [4.78, 5) is 15.9. The molecule has 1 amide bonds. The Hall–Kier alpha value is -1.43. The van der Waals surface area contributed by atoms with Crippen LogP contribution in [0.3, 0.4) is 0 Å². The van der Waals surface area contributed by atoms with Crippen molar-refractivity contribution in [3.05, 3.63) is 57.8 Å². The molecule has 6 heteroatoms. The molecule has 0 fully saturated rings. The SMILES string of the molecule is N[C@H](C(=O)Nc1cnc(Cl)c(Br)c1)c1ccccc1. The lowest BCUT2D eigenvalue weighted by Gasteiger charge is -2.12. The van der Waals surface area contributed by atoms with E-state index in [2.05, 4.69) is 26.2 Å². The Morgan fingerprint density at radius 2 is 2.05 bits per heavy atom. The van der Waals surface area contributed by atoms with Crippen LogP contribution in [0, 0.1) is 0 Å². The molecule has 2 rings (SSSR count). The van der Waals surface area contributed by atoms with E-state index in [1.54, 1.807) is 18.2 Å². The lowest BCUT2D eigenvalue weighted by atomic mass is 10.1. The fourth-order valence-electron chi connectivity index (χ4n) is 1.52. The molecule has 1 heterocycles. The first-order valence-corrected chi connectivity index (χ1v) is 6.67. The van der Waals surface area contributed by atoms with Crippen molar-refractivity contribution in [3.8, 4) is 0 Å². The van der Waals surface area contributed by atoms with Crippen LogP contribution in [0.5, 0.6) is 0 Å². The molecule has 19 heavy (non-hydrogen) atoms. The topological polar surface area (TPSA) is 68.0 Å². The number of halogens is 2. The lowest BCUT2D eigenvalue weighted by Crippen LogP contribution is -2.27. The van der Waals surface area contributed by atoms with Crippen molar-refractivity contribution in [1.29, 1.82) is 0 Å². The Bertz CT molecular complexity index is 592. The number of nitrogens with one attached hydrogen (secondary N) is 1. The molecule has 0 spiro atoms. The van der Waals surface area contributed by atoms with E-state index in [0.29, 0.717) is 15.3 Å². The Kier molecular flexibility index (Phi) is 4.52. The van der Waals surface area contributed by atoms with E-state index in [4.69, 9.17) is 17.3 Å². The summed E-state index contributed by atoms with van der Waals surface area (Å²) >= 11 is 9.02. The number of carbonyl (C=O) groups excluding carboxylic acids is 1. The summed E-state index contributed by atoms with van der Waals surface area (Å²) in [6, 6.07) is 10.1. The molecule has 1 aromatic heterocycles. The quantitative estimate of drug-likeness (QED) is 0.844. The maximum Gasteiger partial charge on any atom is 0.245 e. The summed E-state index contributed by atoms with van der Waals surface area (Å²) in [6.07, 6.45) is 1.47. The third-order valence-electron chi connectivity index (χ3n) is 2.50. The predicted octanol–water partition coefficient (Wildman–Crippen LogP) is 3.14. The maximum absolute atomic E-state index is 12.0. The Morgan fingerprint density at radius 1 is 1.37 bits per heavy atom. The summed E-state index contributed by atoms with van der Waals surface area (Å²) in [6.45, 7) is 0. The van der Waals surface area contributed by atoms with Gasteiger partial charge < -0.3 is 11.1 Å². The number of hydrogen-bond donors (Lipinski definition) is 2. The van der Waals surface area contributed by atoms with Gasteiger partial charge >= 0.3 is 0 Å². The normalized spacial score (nSPS) is 11.9. The van der Waals surface area contributed by atoms with Gasteiger partial charge in [0, 0.05) is 0 Å². The highest BCUT2D eigenvalue weighted by Crippen LogP contribution is 2.23. The van der Waals surface area contributed by atoms with Gasteiger partial charge in [0.1, 0.15) is 11.2 Å². The van der Waals surface area contributed by atoms with Crippen molar-refractivity contribution in [2.45, 2.75) is 6.04 Å². The van der Waals surface area contributed by atoms with Crippen LogP contribution in [0.25, 0.3) is 0 Å². The molecular weight excluding hydrogens is 330 g/mol. The summed E-state index contributed by atoms with van der Waals surface area (Å²) in [7, 11) is 0. The molecule has 0 aliphatic carbocycles. The van der Waals surface area contributed by atoms with Crippen LogP contribution >= 0.6 is 27.5 Å². The summed E-state index contributed by atoms with van der Waals surface area (Å²) in [5.74, 6) is -0.303. The van der Waals surface area contributed by atoms with Crippen LogP contribution < -0.4 is 11.1 Å². The molecule has 0 saturated heterocycles. The van der Waals surface area contributed by atoms with Gasteiger partial charge in [-0.15, -0.1) is 0 Å². The van der Waals surface area contributed by atoms with E-state index in [-0.39, 0.29) is 5.91 Å². The largest absolute Gasteiger partial charge is 0.323 e.